The number of hydrogen-bond donors (Lipinski definition) is 2. The van der Waals surface area contributed by atoms with Crippen molar-refractivity contribution in [1.29, 1.82) is 0 Å². The molecule has 1 atom stereocenters. The van der Waals surface area contributed by atoms with Gasteiger partial charge in [-0.15, -0.1) is 11.3 Å². The lowest BCUT2D eigenvalue weighted by Crippen LogP contribution is -2.42. The molecule has 1 aromatic carbocycles. The minimum atomic E-state index is 0.426. The maximum Gasteiger partial charge on any atom is 0.191 e. The summed E-state index contributed by atoms with van der Waals surface area (Å²) in [5, 5.41) is 10.1. The third-order valence-electron chi connectivity index (χ3n) is 4.98. The van der Waals surface area contributed by atoms with E-state index in [1.807, 2.05) is 6.92 Å². The summed E-state index contributed by atoms with van der Waals surface area (Å²) in [6.07, 6.45) is 2.06. The molecule has 0 saturated carbocycles. The Bertz CT molecular complexity index is 755. The van der Waals surface area contributed by atoms with Crippen molar-refractivity contribution in [2.45, 2.75) is 46.2 Å². The first-order chi connectivity index (χ1) is 13.2. The monoisotopic (exact) mass is 385 g/mol. The van der Waals surface area contributed by atoms with Crippen LogP contribution in [0.25, 0.3) is 0 Å². The van der Waals surface area contributed by atoms with Crippen LogP contribution in [0.5, 0.6) is 0 Å². The first-order valence-electron chi connectivity index (χ1n) is 9.89. The van der Waals surface area contributed by atoms with Crippen molar-refractivity contribution in [2.75, 3.05) is 26.2 Å². The second kappa shape index (κ2) is 9.85. The van der Waals surface area contributed by atoms with Crippen molar-refractivity contribution in [3.05, 3.63) is 51.5 Å². The highest BCUT2D eigenvalue weighted by molar-refractivity contribution is 7.09. The molecule has 1 unspecified atom stereocenters. The molecular weight excluding hydrogens is 354 g/mol. The van der Waals surface area contributed by atoms with E-state index in [4.69, 9.17) is 4.99 Å². The van der Waals surface area contributed by atoms with E-state index in [1.165, 1.54) is 11.1 Å². The molecule has 146 valence electrons. The van der Waals surface area contributed by atoms with Crippen LogP contribution >= 0.6 is 11.3 Å². The predicted octanol–water partition coefficient (Wildman–Crippen LogP) is 3.00. The predicted molar refractivity (Wildman–Crippen MR) is 115 cm³/mol. The lowest BCUT2D eigenvalue weighted by atomic mass is 9.99. The molecule has 2 aromatic rings. The van der Waals surface area contributed by atoms with Gasteiger partial charge < -0.3 is 10.6 Å². The Labute approximate surface area is 166 Å². The van der Waals surface area contributed by atoms with Crippen LogP contribution in [0.2, 0.25) is 0 Å². The molecule has 27 heavy (non-hydrogen) atoms. The number of aromatic nitrogens is 1. The van der Waals surface area contributed by atoms with Crippen LogP contribution in [0.1, 0.15) is 35.7 Å². The molecule has 0 bridgehead atoms. The summed E-state index contributed by atoms with van der Waals surface area (Å²) in [6.45, 7) is 11.1. The molecular formula is C21H31N5S. The zero-order valence-corrected chi connectivity index (χ0v) is 17.5. The molecule has 0 saturated heterocycles. The standard InChI is InChI=1S/C21H31N5S/c1-4-22-21(23-11-9-20-15-27-17(3)25-20)24-13-16(2)26-12-10-18-7-5-6-8-19(18)14-26/h5-8,15-16H,4,9-14H2,1-3H3,(H2,22,23,24). The molecule has 0 fully saturated rings. The van der Waals surface area contributed by atoms with Gasteiger partial charge in [0.05, 0.1) is 17.2 Å². The maximum absolute atomic E-state index is 4.82. The minimum Gasteiger partial charge on any atom is -0.357 e. The number of aliphatic imine (C=N–C) groups is 1. The van der Waals surface area contributed by atoms with Crippen molar-refractivity contribution in [2.24, 2.45) is 4.99 Å². The number of nitrogens with zero attached hydrogens (tertiary/aromatic N) is 3. The van der Waals surface area contributed by atoms with Crippen molar-refractivity contribution in [3.8, 4) is 0 Å². The summed E-state index contributed by atoms with van der Waals surface area (Å²) in [5.74, 6) is 0.897. The van der Waals surface area contributed by atoms with Gasteiger partial charge in [0, 0.05) is 44.0 Å². The van der Waals surface area contributed by atoms with Crippen molar-refractivity contribution < 1.29 is 0 Å². The van der Waals surface area contributed by atoms with Gasteiger partial charge in [-0.3, -0.25) is 9.89 Å². The van der Waals surface area contributed by atoms with Gasteiger partial charge in [-0.25, -0.2) is 4.98 Å². The van der Waals surface area contributed by atoms with Gasteiger partial charge >= 0.3 is 0 Å². The zero-order valence-electron chi connectivity index (χ0n) is 16.7. The van der Waals surface area contributed by atoms with Gasteiger partial charge in [0.2, 0.25) is 0 Å². The molecule has 1 aromatic heterocycles. The molecule has 2 heterocycles. The third kappa shape index (κ3) is 5.78. The topological polar surface area (TPSA) is 52.6 Å². The molecule has 5 nitrogen and oxygen atoms in total. The number of aryl methyl sites for hydroxylation is 1. The largest absolute Gasteiger partial charge is 0.357 e. The van der Waals surface area contributed by atoms with Gasteiger partial charge in [0.1, 0.15) is 0 Å². The van der Waals surface area contributed by atoms with Gasteiger partial charge in [-0.2, -0.15) is 0 Å². The second-order valence-corrected chi connectivity index (χ2v) is 8.15. The Morgan fingerprint density at radius 3 is 2.85 bits per heavy atom. The molecule has 1 aliphatic heterocycles. The van der Waals surface area contributed by atoms with Gasteiger partial charge in [0.25, 0.3) is 0 Å². The summed E-state index contributed by atoms with van der Waals surface area (Å²) < 4.78 is 0. The second-order valence-electron chi connectivity index (χ2n) is 7.09. The van der Waals surface area contributed by atoms with Crippen LogP contribution in [0.3, 0.4) is 0 Å². The first-order valence-corrected chi connectivity index (χ1v) is 10.8. The molecule has 0 radical (unpaired) electrons. The summed E-state index contributed by atoms with van der Waals surface area (Å²) >= 11 is 1.71. The average molecular weight is 386 g/mol. The van der Waals surface area contributed by atoms with E-state index < -0.39 is 0 Å². The van der Waals surface area contributed by atoms with E-state index in [1.54, 1.807) is 11.3 Å². The summed E-state index contributed by atoms with van der Waals surface area (Å²) in [7, 11) is 0. The number of thiazole rings is 1. The number of fused-ring (bicyclic) bond motifs is 1. The quantitative estimate of drug-likeness (QED) is 0.568. The van der Waals surface area contributed by atoms with Gasteiger partial charge in [-0.1, -0.05) is 24.3 Å². The lowest BCUT2D eigenvalue weighted by Gasteiger charge is -2.33. The fourth-order valence-electron chi connectivity index (χ4n) is 3.41. The van der Waals surface area contributed by atoms with Crippen LogP contribution in [-0.4, -0.2) is 48.1 Å². The highest BCUT2D eigenvalue weighted by atomic mass is 32.1. The van der Waals surface area contributed by atoms with Crippen LogP contribution in [-0.2, 0) is 19.4 Å². The van der Waals surface area contributed by atoms with E-state index in [0.717, 1.165) is 62.2 Å². The SMILES string of the molecule is CCNC(=NCC(C)N1CCc2ccccc2C1)NCCc1csc(C)n1. The molecule has 3 rings (SSSR count). The van der Waals surface area contributed by atoms with Crippen LogP contribution in [0.4, 0.5) is 0 Å². The van der Waals surface area contributed by atoms with Gasteiger partial charge in [0.15, 0.2) is 5.96 Å². The number of rotatable bonds is 7. The molecule has 2 N–H and O–H groups in total. The maximum atomic E-state index is 4.82. The highest BCUT2D eigenvalue weighted by Gasteiger charge is 2.20. The van der Waals surface area contributed by atoms with Crippen molar-refractivity contribution in [1.82, 2.24) is 20.5 Å². The Kier molecular flexibility index (Phi) is 7.24. The Morgan fingerprint density at radius 2 is 2.11 bits per heavy atom. The average Bonchev–Trinajstić information content (AvgIpc) is 3.10. The Morgan fingerprint density at radius 1 is 1.30 bits per heavy atom. The van der Waals surface area contributed by atoms with E-state index in [0.29, 0.717) is 6.04 Å². The third-order valence-corrected chi connectivity index (χ3v) is 5.80. The number of hydrogen-bond acceptors (Lipinski definition) is 4. The van der Waals surface area contributed by atoms with E-state index in [9.17, 15) is 0 Å². The zero-order chi connectivity index (χ0) is 19.1. The highest BCUT2D eigenvalue weighted by Crippen LogP contribution is 2.20. The molecule has 6 heteroatoms. The number of guanidine groups is 1. The Balaban J connectivity index is 1.50. The number of benzene rings is 1. The Hall–Kier alpha value is -1.92. The normalized spacial score (nSPS) is 16.0. The first kappa shape index (κ1) is 19.8. The number of nitrogens with one attached hydrogen (secondary N) is 2. The lowest BCUT2D eigenvalue weighted by molar-refractivity contribution is 0.195. The minimum absolute atomic E-state index is 0.426. The van der Waals surface area contributed by atoms with E-state index in [-0.39, 0.29) is 0 Å². The van der Waals surface area contributed by atoms with Crippen LogP contribution < -0.4 is 10.6 Å². The molecule has 0 aliphatic carbocycles. The molecule has 0 spiro atoms. The fraction of sp³-hybridized carbons (Fsp3) is 0.524. The van der Waals surface area contributed by atoms with Crippen molar-refractivity contribution >= 4 is 17.3 Å². The molecule has 1 aliphatic rings. The van der Waals surface area contributed by atoms with E-state index >= 15 is 0 Å². The van der Waals surface area contributed by atoms with Crippen LogP contribution in [0.15, 0.2) is 34.6 Å². The van der Waals surface area contributed by atoms with E-state index in [2.05, 4.69) is 64.0 Å². The van der Waals surface area contributed by atoms with Crippen molar-refractivity contribution in [3.63, 3.8) is 0 Å². The van der Waals surface area contributed by atoms with Gasteiger partial charge in [-0.05, 0) is 38.3 Å². The summed E-state index contributed by atoms with van der Waals surface area (Å²) in [5.41, 5.74) is 4.11. The fourth-order valence-corrected chi connectivity index (χ4v) is 4.05. The smallest absolute Gasteiger partial charge is 0.191 e. The molecule has 0 amide bonds. The summed E-state index contributed by atoms with van der Waals surface area (Å²) in [6, 6.07) is 9.22. The summed E-state index contributed by atoms with van der Waals surface area (Å²) in [4.78, 5) is 11.9. The van der Waals surface area contributed by atoms with Crippen LogP contribution in [0, 0.1) is 6.92 Å².